The van der Waals surface area contributed by atoms with E-state index in [0.717, 1.165) is 5.56 Å². The third-order valence-electron chi connectivity index (χ3n) is 3.70. The van der Waals surface area contributed by atoms with Gasteiger partial charge in [0, 0.05) is 24.0 Å². The first kappa shape index (κ1) is 16.1. The number of benzene rings is 1. The summed E-state index contributed by atoms with van der Waals surface area (Å²) in [7, 11) is 0. The van der Waals surface area contributed by atoms with E-state index in [1.54, 1.807) is 10.9 Å². The summed E-state index contributed by atoms with van der Waals surface area (Å²) in [6.45, 7) is 5.31. The molecule has 6 heteroatoms. The van der Waals surface area contributed by atoms with Crippen LogP contribution in [0.2, 0.25) is 0 Å². The second-order valence-electron chi connectivity index (χ2n) is 5.67. The number of para-hydroxylation sites is 1. The number of carbonyl (C=O) groups is 1. The molecule has 3 rings (SSSR count). The fraction of sp³-hybridized carbons (Fsp3) is 0.333. The molecule has 0 saturated carbocycles. The summed E-state index contributed by atoms with van der Waals surface area (Å²) in [5.41, 5.74) is 1.46. The van der Waals surface area contributed by atoms with E-state index in [4.69, 9.17) is 9.47 Å². The van der Waals surface area contributed by atoms with Crippen LogP contribution in [-0.2, 0) is 11.3 Å². The van der Waals surface area contributed by atoms with Crippen LogP contribution in [0.5, 0.6) is 11.5 Å². The standard InChI is InChI=1S/C18H21N3O3/c1-3-23-16-7-4-6-14-10-15(12-24-17(14)16)18(22)20-13(2)11-21-9-5-8-19-21/h4-10,13H,3,11-12H2,1-2H3,(H,20,22). The Hall–Kier alpha value is -2.76. The Morgan fingerprint density at radius 3 is 3.08 bits per heavy atom. The molecule has 1 aliphatic heterocycles. The molecule has 1 amide bonds. The van der Waals surface area contributed by atoms with E-state index in [2.05, 4.69) is 10.4 Å². The number of nitrogens with zero attached hydrogens (tertiary/aromatic N) is 2. The molecule has 0 fully saturated rings. The highest BCUT2D eigenvalue weighted by Crippen LogP contribution is 2.35. The highest BCUT2D eigenvalue weighted by molar-refractivity contribution is 5.99. The van der Waals surface area contributed by atoms with Crippen LogP contribution in [-0.4, -0.2) is 34.9 Å². The number of aromatic nitrogens is 2. The van der Waals surface area contributed by atoms with Gasteiger partial charge in [-0.1, -0.05) is 12.1 Å². The van der Waals surface area contributed by atoms with Crippen LogP contribution >= 0.6 is 0 Å². The Morgan fingerprint density at radius 1 is 1.46 bits per heavy atom. The highest BCUT2D eigenvalue weighted by atomic mass is 16.5. The van der Waals surface area contributed by atoms with Crippen molar-refractivity contribution in [1.29, 1.82) is 0 Å². The number of hydrogen-bond acceptors (Lipinski definition) is 4. The quantitative estimate of drug-likeness (QED) is 0.884. The predicted octanol–water partition coefficient (Wildman–Crippen LogP) is 2.26. The van der Waals surface area contributed by atoms with Gasteiger partial charge in [0.15, 0.2) is 11.5 Å². The molecule has 1 aromatic carbocycles. The molecule has 1 aliphatic rings. The van der Waals surface area contributed by atoms with Gasteiger partial charge in [-0.3, -0.25) is 9.48 Å². The largest absolute Gasteiger partial charge is 0.490 e. The van der Waals surface area contributed by atoms with E-state index in [0.29, 0.717) is 30.2 Å². The van der Waals surface area contributed by atoms with Crippen molar-refractivity contribution in [2.75, 3.05) is 13.2 Å². The third kappa shape index (κ3) is 3.59. The van der Waals surface area contributed by atoms with Crippen molar-refractivity contribution in [3.63, 3.8) is 0 Å². The first-order valence-electron chi connectivity index (χ1n) is 8.05. The highest BCUT2D eigenvalue weighted by Gasteiger charge is 2.21. The van der Waals surface area contributed by atoms with Gasteiger partial charge in [-0.05, 0) is 32.1 Å². The fourth-order valence-corrected chi connectivity index (χ4v) is 2.63. The van der Waals surface area contributed by atoms with Crippen molar-refractivity contribution in [1.82, 2.24) is 15.1 Å². The summed E-state index contributed by atoms with van der Waals surface area (Å²) in [6, 6.07) is 7.50. The molecule has 1 atom stereocenters. The molecule has 1 N–H and O–H groups in total. The summed E-state index contributed by atoms with van der Waals surface area (Å²) >= 11 is 0. The van der Waals surface area contributed by atoms with Crippen molar-refractivity contribution >= 4 is 12.0 Å². The van der Waals surface area contributed by atoms with Crippen LogP contribution in [0, 0.1) is 0 Å². The fourth-order valence-electron chi connectivity index (χ4n) is 2.63. The topological polar surface area (TPSA) is 65.4 Å². The lowest BCUT2D eigenvalue weighted by Gasteiger charge is -2.21. The lowest BCUT2D eigenvalue weighted by molar-refractivity contribution is -0.118. The zero-order valence-corrected chi connectivity index (χ0v) is 13.9. The molecule has 126 valence electrons. The molecule has 2 aromatic rings. The van der Waals surface area contributed by atoms with E-state index in [1.807, 2.05) is 50.4 Å². The van der Waals surface area contributed by atoms with Gasteiger partial charge in [0.25, 0.3) is 5.91 Å². The van der Waals surface area contributed by atoms with Crippen LogP contribution in [0.4, 0.5) is 0 Å². The first-order chi connectivity index (χ1) is 11.7. The van der Waals surface area contributed by atoms with Crippen molar-refractivity contribution < 1.29 is 14.3 Å². The SMILES string of the molecule is CCOc1cccc2c1OCC(C(=O)NC(C)Cn1cccn1)=C2. The zero-order valence-electron chi connectivity index (χ0n) is 13.9. The van der Waals surface area contributed by atoms with E-state index in [1.165, 1.54) is 0 Å². The first-order valence-corrected chi connectivity index (χ1v) is 8.05. The molecule has 1 aromatic heterocycles. The van der Waals surface area contributed by atoms with E-state index < -0.39 is 0 Å². The van der Waals surface area contributed by atoms with Gasteiger partial charge in [-0.25, -0.2) is 0 Å². The Kier molecular flexibility index (Phi) is 4.84. The number of hydrogen-bond donors (Lipinski definition) is 1. The van der Waals surface area contributed by atoms with Crippen molar-refractivity contribution in [2.45, 2.75) is 26.4 Å². The molecule has 0 saturated heterocycles. The number of nitrogens with one attached hydrogen (secondary N) is 1. The molecular weight excluding hydrogens is 306 g/mol. The van der Waals surface area contributed by atoms with Gasteiger partial charge in [0.05, 0.1) is 18.7 Å². The van der Waals surface area contributed by atoms with E-state index in [-0.39, 0.29) is 18.6 Å². The Labute approximate surface area is 141 Å². The molecule has 2 heterocycles. The summed E-state index contributed by atoms with van der Waals surface area (Å²) < 4.78 is 13.1. The number of amides is 1. The third-order valence-corrected chi connectivity index (χ3v) is 3.70. The smallest absolute Gasteiger partial charge is 0.250 e. The van der Waals surface area contributed by atoms with Crippen molar-refractivity contribution in [2.24, 2.45) is 0 Å². The van der Waals surface area contributed by atoms with Crippen LogP contribution in [0.3, 0.4) is 0 Å². The van der Waals surface area contributed by atoms with Crippen molar-refractivity contribution in [3.05, 3.63) is 47.8 Å². The van der Waals surface area contributed by atoms with Gasteiger partial charge in [-0.2, -0.15) is 5.10 Å². The van der Waals surface area contributed by atoms with Crippen LogP contribution in [0.15, 0.2) is 42.2 Å². The summed E-state index contributed by atoms with van der Waals surface area (Å²) in [6.07, 6.45) is 5.45. The minimum absolute atomic E-state index is 0.0329. The van der Waals surface area contributed by atoms with Gasteiger partial charge in [0.2, 0.25) is 0 Å². The van der Waals surface area contributed by atoms with E-state index >= 15 is 0 Å². The second kappa shape index (κ2) is 7.21. The maximum absolute atomic E-state index is 12.4. The monoisotopic (exact) mass is 327 g/mol. The zero-order chi connectivity index (χ0) is 16.9. The van der Waals surface area contributed by atoms with Gasteiger partial charge in [-0.15, -0.1) is 0 Å². The maximum atomic E-state index is 12.4. The number of fused-ring (bicyclic) bond motifs is 1. The lowest BCUT2D eigenvalue weighted by Crippen LogP contribution is -2.38. The van der Waals surface area contributed by atoms with Crippen molar-refractivity contribution in [3.8, 4) is 11.5 Å². The van der Waals surface area contributed by atoms with E-state index in [9.17, 15) is 4.79 Å². The van der Waals surface area contributed by atoms with Gasteiger partial charge >= 0.3 is 0 Å². The van der Waals surface area contributed by atoms with Crippen LogP contribution < -0.4 is 14.8 Å². The minimum atomic E-state index is -0.123. The molecular formula is C18H21N3O3. The number of ether oxygens (including phenoxy) is 2. The van der Waals surface area contributed by atoms with Gasteiger partial charge < -0.3 is 14.8 Å². The average molecular weight is 327 g/mol. The molecule has 24 heavy (non-hydrogen) atoms. The van der Waals surface area contributed by atoms with Gasteiger partial charge in [0.1, 0.15) is 6.61 Å². The maximum Gasteiger partial charge on any atom is 0.250 e. The Bertz CT molecular complexity index is 738. The molecule has 6 nitrogen and oxygen atoms in total. The minimum Gasteiger partial charge on any atom is -0.490 e. The summed E-state index contributed by atoms with van der Waals surface area (Å²) in [5, 5.41) is 7.12. The van der Waals surface area contributed by atoms with Crippen LogP contribution in [0.25, 0.3) is 6.08 Å². The number of carbonyl (C=O) groups excluding carboxylic acids is 1. The summed E-state index contributed by atoms with van der Waals surface area (Å²) in [5.74, 6) is 1.28. The average Bonchev–Trinajstić information content (AvgIpc) is 3.07. The Morgan fingerprint density at radius 2 is 2.33 bits per heavy atom. The second-order valence-corrected chi connectivity index (χ2v) is 5.67. The molecule has 0 radical (unpaired) electrons. The summed E-state index contributed by atoms with van der Waals surface area (Å²) in [4.78, 5) is 12.4. The Balaban J connectivity index is 1.69. The molecule has 0 spiro atoms. The van der Waals surface area contributed by atoms with Crippen LogP contribution in [0.1, 0.15) is 19.4 Å². The predicted molar refractivity (Wildman–Crippen MR) is 90.9 cm³/mol. The molecule has 1 unspecified atom stereocenters. The molecule has 0 aliphatic carbocycles. The molecule has 0 bridgehead atoms. The lowest BCUT2D eigenvalue weighted by atomic mass is 10.1. The number of rotatable bonds is 6. The normalized spacial score (nSPS) is 14.2.